The molecule has 1 aromatic heterocycles. The summed E-state index contributed by atoms with van der Waals surface area (Å²) in [6.07, 6.45) is 0. The van der Waals surface area contributed by atoms with E-state index in [2.05, 4.69) is 78.9 Å². The number of halogens is 1. The van der Waals surface area contributed by atoms with Gasteiger partial charge in [0.2, 0.25) is 5.88 Å². The van der Waals surface area contributed by atoms with Gasteiger partial charge in [-0.1, -0.05) is 61.9 Å². The van der Waals surface area contributed by atoms with Crippen molar-refractivity contribution in [3.8, 4) is 5.88 Å². The van der Waals surface area contributed by atoms with E-state index < -0.39 is 13.9 Å². The van der Waals surface area contributed by atoms with Gasteiger partial charge in [0.1, 0.15) is 18.2 Å². The van der Waals surface area contributed by atoms with Crippen LogP contribution in [0.2, 0.25) is 23.3 Å². The SMILES string of the molecule is CC1(c2ccccc2CO[Si](C)(C)C(C)(C)C)N=NNC1COc1ccc(Cl)nn1. The fourth-order valence-electron chi connectivity index (χ4n) is 3.00. The minimum atomic E-state index is -1.88. The molecule has 1 aliphatic heterocycles. The molecule has 0 radical (unpaired) electrons. The summed E-state index contributed by atoms with van der Waals surface area (Å²) in [5.41, 5.74) is 4.68. The molecule has 2 heterocycles. The van der Waals surface area contributed by atoms with Crippen LogP contribution in [0.15, 0.2) is 46.7 Å². The lowest BCUT2D eigenvalue weighted by atomic mass is 9.83. The summed E-state index contributed by atoms with van der Waals surface area (Å²) < 4.78 is 12.3. The number of hydrogen-bond donors (Lipinski definition) is 1. The first kappa shape index (κ1) is 22.6. The van der Waals surface area contributed by atoms with Gasteiger partial charge in [-0.15, -0.1) is 10.2 Å². The maximum absolute atomic E-state index is 6.49. The molecule has 2 atom stereocenters. The van der Waals surface area contributed by atoms with Gasteiger partial charge in [0, 0.05) is 6.07 Å². The molecule has 7 nitrogen and oxygen atoms in total. The molecule has 30 heavy (non-hydrogen) atoms. The number of hydrogen-bond acceptors (Lipinski definition) is 7. The zero-order valence-electron chi connectivity index (χ0n) is 18.4. The number of benzene rings is 1. The summed E-state index contributed by atoms with van der Waals surface area (Å²) in [5.74, 6) is 0.407. The standard InChI is InChI=1S/C21H30ClN5O2Si/c1-20(2,3)30(5,6)29-13-15-9-7-8-10-16(15)21(4)17(23-27-26-21)14-28-19-12-11-18(22)24-25-19/h7-12,17H,13-14H2,1-6H3,(H,23,26). The highest BCUT2D eigenvalue weighted by Crippen LogP contribution is 2.39. The number of rotatable bonds is 7. The lowest BCUT2D eigenvalue weighted by Crippen LogP contribution is -2.44. The van der Waals surface area contributed by atoms with Crippen molar-refractivity contribution < 1.29 is 9.16 Å². The molecule has 1 aromatic carbocycles. The summed E-state index contributed by atoms with van der Waals surface area (Å²) in [4.78, 5) is 0. The molecular formula is C21H30ClN5O2Si. The van der Waals surface area contributed by atoms with Crippen molar-refractivity contribution in [3.63, 3.8) is 0 Å². The number of ether oxygens (including phenoxy) is 1. The summed E-state index contributed by atoms with van der Waals surface area (Å²) in [7, 11) is -1.88. The highest BCUT2D eigenvalue weighted by molar-refractivity contribution is 6.74. The van der Waals surface area contributed by atoms with Crippen LogP contribution < -0.4 is 10.2 Å². The van der Waals surface area contributed by atoms with E-state index >= 15 is 0 Å². The molecule has 2 unspecified atom stereocenters. The fourth-order valence-corrected chi connectivity index (χ4v) is 4.05. The second kappa shape index (κ2) is 8.61. The van der Waals surface area contributed by atoms with E-state index in [9.17, 15) is 0 Å². The topological polar surface area (TPSA) is 81.0 Å². The zero-order chi connectivity index (χ0) is 22.0. The van der Waals surface area contributed by atoms with E-state index in [0.717, 1.165) is 11.1 Å². The molecule has 1 aliphatic rings. The Balaban J connectivity index is 1.78. The van der Waals surface area contributed by atoms with Crippen molar-refractivity contribution in [2.24, 2.45) is 10.3 Å². The first-order valence-corrected chi connectivity index (χ1v) is 13.3. The Bertz CT molecular complexity index is 901. The van der Waals surface area contributed by atoms with Crippen molar-refractivity contribution in [3.05, 3.63) is 52.7 Å². The smallest absolute Gasteiger partial charge is 0.233 e. The lowest BCUT2D eigenvalue weighted by molar-refractivity contribution is 0.217. The molecule has 0 bridgehead atoms. The van der Waals surface area contributed by atoms with Crippen LogP contribution in [-0.2, 0) is 16.6 Å². The van der Waals surface area contributed by atoms with Gasteiger partial charge in [0.25, 0.3) is 0 Å². The van der Waals surface area contributed by atoms with Gasteiger partial charge in [0.05, 0.1) is 6.61 Å². The van der Waals surface area contributed by atoms with E-state index in [1.54, 1.807) is 12.1 Å². The molecule has 0 amide bonds. The highest BCUT2D eigenvalue weighted by atomic mass is 35.5. The van der Waals surface area contributed by atoms with Crippen molar-refractivity contribution >= 4 is 19.9 Å². The molecule has 0 saturated carbocycles. The van der Waals surface area contributed by atoms with Crippen molar-refractivity contribution in [2.45, 2.75) is 64.0 Å². The second-order valence-corrected chi connectivity index (χ2v) is 14.4. The third-order valence-corrected chi connectivity index (χ3v) is 10.8. The Labute approximate surface area is 184 Å². The monoisotopic (exact) mass is 447 g/mol. The predicted octanol–water partition coefficient (Wildman–Crippen LogP) is 5.29. The maximum atomic E-state index is 6.49. The van der Waals surface area contributed by atoms with Gasteiger partial charge in [-0.05, 0) is 42.2 Å². The van der Waals surface area contributed by atoms with Crippen LogP contribution in [0.3, 0.4) is 0 Å². The van der Waals surface area contributed by atoms with E-state index in [1.807, 2.05) is 12.1 Å². The van der Waals surface area contributed by atoms with Crippen LogP contribution in [0, 0.1) is 0 Å². The second-order valence-electron chi connectivity index (χ2n) is 9.24. The molecule has 2 aromatic rings. The first-order valence-electron chi connectivity index (χ1n) is 10.0. The molecule has 0 saturated heterocycles. The summed E-state index contributed by atoms with van der Waals surface area (Å²) in [6, 6.07) is 11.4. The minimum Gasteiger partial charge on any atom is -0.474 e. The van der Waals surface area contributed by atoms with Crippen LogP contribution >= 0.6 is 11.6 Å². The van der Waals surface area contributed by atoms with Crippen LogP contribution in [0.1, 0.15) is 38.8 Å². The van der Waals surface area contributed by atoms with Gasteiger partial charge < -0.3 is 9.16 Å². The van der Waals surface area contributed by atoms with Gasteiger partial charge in [-0.3, -0.25) is 5.43 Å². The molecule has 3 rings (SSSR count). The number of nitrogens with one attached hydrogen (secondary N) is 1. The highest BCUT2D eigenvalue weighted by Gasteiger charge is 2.43. The van der Waals surface area contributed by atoms with Crippen molar-refractivity contribution in [1.29, 1.82) is 0 Å². The van der Waals surface area contributed by atoms with E-state index in [0.29, 0.717) is 24.2 Å². The lowest BCUT2D eigenvalue weighted by Gasteiger charge is -2.37. The molecular weight excluding hydrogens is 418 g/mol. The number of aromatic nitrogens is 2. The van der Waals surface area contributed by atoms with Crippen LogP contribution in [0.5, 0.6) is 5.88 Å². The molecule has 0 aliphatic carbocycles. The molecule has 9 heteroatoms. The van der Waals surface area contributed by atoms with Crippen molar-refractivity contribution in [2.75, 3.05) is 6.61 Å². The summed E-state index contributed by atoms with van der Waals surface area (Å²) in [6.45, 7) is 14.2. The third-order valence-electron chi connectivity index (χ3n) is 6.11. The zero-order valence-corrected chi connectivity index (χ0v) is 20.2. The normalized spacial score (nSPS) is 21.5. The first-order chi connectivity index (χ1) is 14.0. The van der Waals surface area contributed by atoms with Crippen LogP contribution in [0.4, 0.5) is 0 Å². The van der Waals surface area contributed by atoms with Crippen LogP contribution in [0.25, 0.3) is 0 Å². The molecule has 162 valence electrons. The summed E-state index contributed by atoms with van der Waals surface area (Å²) >= 11 is 5.79. The largest absolute Gasteiger partial charge is 0.474 e. The molecule has 1 N–H and O–H groups in total. The Kier molecular flexibility index (Phi) is 6.50. The average molecular weight is 448 g/mol. The molecule has 0 fully saturated rings. The third kappa shape index (κ3) is 4.82. The van der Waals surface area contributed by atoms with E-state index in [1.165, 1.54) is 0 Å². The molecule has 0 spiro atoms. The van der Waals surface area contributed by atoms with Gasteiger partial charge >= 0.3 is 0 Å². The number of nitrogens with zero attached hydrogens (tertiary/aromatic N) is 4. The Hall–Kier alpha value is -2.03. The minimum absolute atomic E-state index is 0.149. The quantitative estimate of drug-likeness (QED) is 0.583. The summed E-state index contributed by atoms with van der Waals surface area (Å²) in [5, 5.41) is 16.9. The Morgan fingerprint density at radius 3 is 2.53 bits per heavy atom. The Morgan fingerprint density at radius 2 is 1.87 bits per heavy atom. The van der Waals surface area contributed by atoms with E-state index in [4.69, 9.17) is 20.8 Å². The van der Waals surface area contributed by atoms with Crippen LogP contribution in [-0.4, -0.2) is 31.2 Å². The average Bonchev–Trinajstić information content (AvgIpc) is 3.07. The van der Waals surface area contributed by atoms with Gasteiger partial charge in [-0.2, -0.15) is 5.11 Å². The van der Waals surface area contributed by atoms with E-state index in [-0.39, 0.29) is 11.1 Å². The maximum Gasteiger partial charge on any atom is 0.233 e. The fraction of sp³-hybridized carbons (Fsp3) is 0.524. The Morgan fingerprint density at radius 1 is 1.13 bits per heavy atom. The van der Waals surface area contributed by atoms with Gasteiger partial charge in [0.15, 0.2) is 13.5 Å². The van der Waals surface area contributed by atoms with Crippen molar-refractivity contribution in [1.82, 2.24) is 15.6 Å². The predicted molar refractivity (Wildman–Crippen MR) is 120 cm³/mol. The van der Waals surface area contributed by atoms with Gasteiger partial charge in [-0.25, -0.2) is 0 Å².